The van der Waals surface area contributed by atoms with Crippen LogP contribution in [0.25, 0.3) is 0 Å². The molecule has 3 rings (SSSR count). The Bertz CT molecular complexity index is 751. The van der Waals surface area contributed by atoms with E-state index in [4.69, 9.17) is 5.26 Å². The monoisotopic (exact) mass is 337 g/mol. The lowest BCUT2D eigenvalue weighted by Crippen LogP contribution is -2.48. The number of hydrogen-bond acceptors (Lipinski definition) is 4. The lowest BCUT2D eigenvalue weighted by Gasteiger charge is -2.34. The summed E-state index contributed by atoms with van der Waals surface area (Å²) in [5, 5.41) is 16.0. The third-order valence-electron chi connectivity index (χ3n) is 4.52. The molecule has 6 heteroatoms. The van der Waals surface area contributed by atoms with Crippen LogP contribution in [0.1, 0.15) is 40.7 Å². The van der Waals surface area contributed by atoms with Crippen LogP contribution in [-0.4, -0.2) is 52.1 Å². The van der Waals surface area contributed by atoms with E-state index in [1.54, 1.807) is 0 Å². The van der Waals surface area contributed by atoms with Gasteiger partial charge in [0.15, 0.2) is 0 Å². The molecule has 1 aromatic heterocycles. The minimum absolute atomic E-state index is 0.0108. The molecule has 1 aliphatic rings. The Labute approximate surface area is 148 Å². The molecule has 1 aliphatic heterocycles. The second kappa shape index (κ2) is 7.95. The molecular weight excluding hydrogens is 314 g/mol. The second-order valence-electron chi connectivity index (χ2n) is 6.41. The highest BCUT2D eigenvalue weighted by atomic mass is 16.2. The summed E-state index contributed by atoms with van der Waals surface area (Å²) in [6.45, 7) is 6.07. The number of hydrogen-bond donors (Lipinski definition) is 1. The van der Waals surface area contributed by atoms with E-state index in [1.807, 2.05) is 35.2 Å². The fraction of sp³-hybridized carbons (Fsp3) is 0.421. The predicted molar refractivity (Wildman–Crippen MR) is 94.9 cm³/mol. The summed E-state index contributed by atoms with van der Waals surface area (Å²) >= 11 is 0. The van der Waals surface area contributed by atoms with Gasteiger partial charge in [-0.15, -0.1) is 0 Å². The van der Waals surface area contributed by atoms with Gasteiger partial charge in [0.1, 0.15) is 5.69 Å². The van der Waals surface area contributed by atoms with Crippen LogP contribution in [0, 0.1) is 11.3 Å². The third-order valence-corrected chi connectivity index (χ3v) is 4.52. The van der Waals surface area contributed by atoms with E-state index in [0.717, 1.165) is 38.2 Å². The van der Waals surface area contributed by atoms with E-state index in [9.17, 15) is 4.79 Å². The van der Waals surface area contributed by atoms with Crippen LogP contribution in [-0.2, 0) is 13.0 Å². The van der Waals surface area contributed by atoms with Crippen molar-refractivity contribution in [2.45, 2.75) is 26.3 Å². The van der Waals surface area contributed by atoms with E-state index in [0.29, 0.717) is 24.3 Å². The van der Waals surface area contributed by atoms with Crippen LogP contribution in [0.3, 0.4) is 0 Å². The molecule has 1 saturated heterocycles. The second-order valence-corrected chi connectivity index (χ2v) is 6.41. The van der Waals surface area contributed by atoms with Gasteiger partial charge >= 0.3 is 0 Å². The first kappa shape index (κ1) is 17.2. The zero-order valence-electron chi connectivity index (χ0n) is 14.5. The summed E-state index contributed by atoms with van der Waals surface area (Å²) in [5.41, 5.74) is 3.41. The Morgan fingerprint density at radius 3 is 2.60 bits per heavy atom. The minimum Gasteiger partial charge on any atom is -0.335 e. The lowest BCUT2D eigenvalue weighted by molar-refractivity contribution is 0.0622. The van der Waals surface area contributed by atoms with Crippen LogP contribution in [0.15, 0.2) is 30.3 Å². The van der Waals surface area contributed by atoms with Gasteiger partial charge in [-0.25, -0.2) is 0 Å². The molecule has 0 spiro atoms. The van der Waals surface area contributed by atoms with Gasteiger partial charge < -0.3 is 4.90 Å². The molecule has 2 aromatic rings. The zero-order valence-corrected chi connectivity index (χ0v) is 14.5. The molecule has 1 N–H and O–H groups in total. The molecule has 6 nitrogen and oxygen atoms in total. The number of H-pyrrole nitrogens is 1. The highest BCUT2D eigenvalue weighted by Crippen LogP contribution is 2.12. The number of rotatable bonds is 5. The van der Waals surface area contributed by atoms with Gasteiger partial charge in [-0.1, -0.05) is 25.5 Å². The number of nitrogens with zero attached hydrogens (tertiary/aromatic N) is 4. The van der Waals surface area contributed by atoms with E-state index in [-0.39, 0.29) is 5.91 Å². The third kappa shape index (κ3) is 4.25. The average molecular weight is 337 g/mol. The fourth-order valence-corrected chi connectivity index (χ4v) is 3.08. The van der Waals surface area contributed by atoms with E-state index < -0.39 is 0 Å². The van der Waals surface area contributed by atoms with Gasteiger partial charge in [-0.3, -0.25) is 14.8 Å². The molecule has 0 unspecified atom stereocenters. The number of nitriles is 1. The molecule has 0 saturated carbocycles. The van der Waals surface area contributed by atoms with Gasteiger partial charge in [0.05, 0.1) is 11.6 Å². The molecule has 1 amide bonds. The quantitative estimate of drug-likeness (QED) is 0.907. The maximum Gasteiger partial charge on any atom is 0.274 e. The van der Waals surface area contributed by atoms with Crippen molar-refractivity contribution in [3.05, 3.63) is 52.8 Å². The minimum atomic E-state index is 0.0108. The largest absolute Gasteiger partial charge is 0.335 e. The number of amides is 1. The molecule has 0 radical (unpaired) electrons. The fourth-order valence-electron chi connectivity index (χ4n) is 3.08. The number of nitrogens with one attached hydrogen (secondary N) is 1. The van der Waals surface area contributed by atoms with Crippen LogP contribution in [0.5, 0.6) is 0 Å². The van der Waals surface area contributed by atoms with Crippen molar-refractivity contribution in [3.8, 4) is 6.07 Å². The van der Waals surface area contributed by atoms with E-state index in [1.165, 1.54) is 5.56 Å². The molecular formula is C19H23N5O. The molecule has 0 bridgehead atoms. The number of carbonyl (C=O) groups is 1. The van der Waals surface area contributed by atoms with E-state index >= 15 is 0 Å². The average Bonchev–Trinajstić information content (AvgIpc) is 3.11. The predicted octanol–water partition coefficient (Wildman–Crippen LogP) is 2.19. The zero-order chi connectivity index (χ0) is 17.6. The van der Waals surface area contributed by atoms with Gasteiger partial charge in [0.2, 0.25) is 0 Å². The van der Waals surface area contributed by atoms with E-state index in [2.05, 4.69) is 28.1 Å². The first-order chi connectivity index (χ1) is 12.2. The summed E-state index contributed by atoms with van der Waals surface area (Å²) in [5.74, 6) is 0.0108. The maximum atomic E-state index is 12.5. The molecule has 130 valence electrons. The summed E-state index contributed by atoms with van der Waals surface area (Å²) in [4.78, 5) is 16.8. The molecule has 1 aromatic carbocycles. The summed E-state index contributed by atoms with van der Waals surface area (Å²) in [7, 11) is 0. The van der Waals surface area contributed by atoms with Gasteiger partial charge in [0.25, 0.3) is 5.91 Å². The Balaban J connectivity index is 1.52. The van der Waals surface area contributed by atoms with Crippen molar-refractivity contribution < 1.29 is 4.79 Å². The molecule has 0 aliphatic carbocycles. The SMILES string of the molecule is CCCc1cc(C(=O)N2CCN(Cc3ccc(C#N)cc3)CC2)n[nH]1. The van der Waals surface area contributed by atoms with Crippen LogP contribution >= 0.6 is 0 Å². The first-order valence-electron chi connectivity index (χ1n) is 8.74. The Kier molecular flexibility index (Phi) is 5.46. The molecule has 2 heterocycles. The van der Waals surface area contributed by atoms with Crippen molar-refractivity contribution in [1.29, 1.82) is 5.26 Å². The maximum absolute atomic E-state index is 12.5. The summed E-state index contributed by atoms with van der Waals surface area (Å²) in [6, 6.07) is 11.7. The Morgan fingerprint density at radius 2 is 1.96 bits per heavy atom. The molecule has 25 heavy (non-hydrogen) atoms. The van der Waals surface area contributed by atoms with Crippen molar-refractivity contribution in [1.82, 2.24) is 20.0 Å². The summed E-state index contributed by atoms with van der Waals surface area (Å²) < 4.78 is 0. The van der Waals surface area contributed by atoms with Crippen LogP contribution in [0.2, 0.25) is 0 Å². The molecule has 1 fully saturated rings. The molecule has 0 atom stereocenters. The number of aromatic amines is 1. The van der Waals surface area contributed by atoms with Crippen LogP contribution < -0.4 is 0 Å². The number of aromatic nitrogens is 2. The van der Waals surface area contributed by atoms with Crippen molar-refractivity contribution in [2.24, 2.45) is 0 Å². The number of piperazine rings is 1. The van der Waals surface area contributed by atoms with Crippen molar-refractivity contribution in [2.75, 3.05) is 26.2 Å². The van der Waals surface area contributed by atoms with Crippen molar-refractivity contribution >= 4 is 5.91 Å². The Morgan fingerprint density at radius 1 is 1.24 bits per heavy atom. The van der Waals surface area contributed by atoms with Gasteiger partial charge in [0, 0.05) is 38.4 Å². The Hall–Kier alpha value is -2.65. The first-order valence-corrected chi connectivity index (χ1v) is 8.74. The lowest BCUT2D eigenvalue weighted by atomic mass is 10.1. The van der Waals surface area contributed by atoms with Gasteiger partial charge in [-0.05, 0) is 30.2 Å². The van der Waals surface area contributed by atoms with Crippen molar-refractivity contribution in [3.63, 3.8) is 0 Å². The highest BCUT2D eigenvalue weighted by molar-refractivity contribution is 5.92. The van der Waals surface area contributed by atoms with Gasteiger partial charge in [-0.2, -0.15) is 10.4 Å². The van der Waals surface area contributed by atoms with Crippen LogP contribution in [0.4, 0.5) is 0 Å². The number of benzene rings is 1. The number of carbonyl (C=O) groups excluding carboxylic acids is 1. The number of aryl methyl sites for hydroxylation is 1. The summed E-state index contributed by atoms with van der Waals surface area (Å²) in [6.07, 6.45) is 1.95. The normalized spacial score (nSPS) is 15.1. The smallest absolute Gasteiger partial charge is 0.274 e. The standard InChI is InChI=1S/C19H23N5O/c1-2-3-17-12-18(22-21-17)19(25)24-10-8-23(9-11-24)14-16-6-4-15(13-20)5-7-16/h4-7,12H,2-3,8-11,14H2,1H3,(H,21,22). The highest BCUT2D eigenvalue weighted by Gasteiger charge is 2.23. The topological polar surface area (TPSA) is 76.0 Å².